The summed E-state index contributed by atoms with van der Waals surface area (Å²) in [7, 11) is 3.84. The van der Waals surface area contributed by atoms with Crippen molar-refractivity contribution in [3.63, 3.8) is 0 Å². The maximum atomic E-state index is 12.6. The topological polar surface area (TPSA) is 81.3 Å². The number of aromatic amines is 1. The molecule has 0 fully saturated rings. The van der Waals surface area contributed by atoms with E-state index in [0.29, 0.717) is 39.6 Å². The fraction of sp³-hybridized carbons (Fsp3) is 0.632. The van der Waals surface area contributed by atoms with E-state index in [9.17, 15) is 9.59 Å². The Bertz CT molecular complexity index is 823. The second kappa shape index (κ2) is 9.96. The average Bonchev–Trinajstić information content (AvgIpc) is 2.94. The molecule has 0 radical (unpaired) electrons. The summed E-state index contributed by atoms with van der Waals surface area (Å²) >= 11 is 1.29. The lowest BCUT2D eigenvalue weighted by Gasteiger charge is -2.17. The SMILES string of the molecule is CCN(CC)CCCCNC(=O)c1sc2nc(CN(C)C)[nH]c(=O)c2c1C. The maximum Gasteiger partial charge on any atom is 0.261 e. The highest BCUT2D eigenvalue weighted by atomic mass is 32.1. The molecule has 0 aromatic carbocycles. The fourth-order valence-corrected chi connectivity index (χ4v) is 4.18. The lowest BCUT2D eigenvalue weighted by molar-refractivity contribution is 0.0956. The molecular formula is C19H31N5O2S. The van der Waals surface area contributed by atoms with Crippen LogP contribution in [-0.2, 0) is 6.54 Å². The van der Waals surface area contributed by atoms with E-state index in [1.165, 1.54) is 11.3 Å². The Labute approximate surface area is 164 Å². The van der Waals surface area contributed by atoms with Crippen molar-refractivity contribution in [3.05, 3.63) is 26.6 Å². The van der Waals surface area contributed by atoms with Crippen LogP contribution in [0.15, 0.2) is 4.79 Å². The predicted octanol–water partition coefficient (Wildman–Crippen LogP) is 2.21. The number of unbranched alkanes of at least 4 members (excludes halogenated alkanes) is 1. The molecule has 1 amide bonds. The molecule has 2 aromatic rings. The molecule has 27 heavy (non-hydrogen) atoms. The van der Waals surface area contributed by atoms with Crippen molar-refractivity contribution in [2.24, 2.45) is 0 Å². The Hall–Kier alpha value is -1.77. The molecule has 2 aromatic heterocycles. The van der Waals surface area contributed by atoms with E-state index in [0.717, 1.165) is 32.5 Å². The number of rotatable bonds is 10. The molecule has 0 aliphatic heterocycles. The van der Waals surface area contributed by atoms with Crippen molar-refractivity contribution in [2.75, 3.05) is 40.3 Å². The molecule has 7 nitrogen and oxygen atoms in total. The van der Waals surface area contributed by atoms with Gasteiger partial charge in [0, 0.05) is 6.54 Å². The van der Waals surface area contributed by atoms with Gasteiger partial charge in [-0.15, -0.1) is 11.3 Å². The highest BCUT2D eigenvalue weighted by molar-refractivity contribution is 7.20. The monoisotopic (exact) mass is 393 g/mol. The zero-order chi connectivity index (χ0) is 20.0. The minimum Gasteiger partial charge on any atom is -0.351 e. The largest absolute Gasteiger partial charge is 0.351 e. The highest BCUT2D eigenvalue weighted by Gasteiger charge is 2.19. The van der Waals surface area contributed by atoms with Gasteiger partial charge in [0.1, 0.15) is 10.7 Å². The van der Waals surface area contributed by atoms with Crippen LogP contribution in [0.25, 0.3) is 10.2 Å². The lowest BCUT2D eigenvalue weighted by atomic mass is 10.2. The molecule has 2 rings (SSSR count). The molecule has 0 aliphatic rings. The van der Waals surface area contributed by atoms with Gasteiger partial charge in [0.05, 0.1) is 16.8 Å². The number of H-pyrrole nitrogens is 1. The third-order valence-electron chi connectivity index (χ3n) is 4.60. The normalized spacial score (nSPS) is 11.7. The fourth-order valence-electron chi connectivity index (χ4n) is 3.06. The molecule has 0 aliphatic carbocycles. The van der Waals surface area contributed by atoms with E-state index < -0.39 is 0 Å². The highest BCUT2D eigenvalue weighted by Crippen LogP contribution is 2.26. The van der Waals surface area contributed by atoms with Crippen molar-refractivity contribution in [1.29, 1.82) is 0 Å². The molecule has 8 heteroatoms. The summed E-state index contributed by atoms with van der Waals surface area (Å²) in [6.07, 6.45) is 2.00. The summed E-state index contributed by atoms with van der Waals surface area (Å²) in [5, 5.41) is 3.50. The Morgan fingerprint density at radius 3 is 2.56 bits per heavy atom. The quantitative estimate of drug-likeness (QED) is 0.605. The molecule has 0 bridgehead atoms. The number of thiophene rings is 1. The predicted molar refractivity (Wildman–Crippen MR) is 112 cm³/mol. The van der Waals surface area contributed by atoms with Crippen molar-refractivity contribution < 1.29 is 4.79 Å². The Morgan fingerprint density at radius 2 is 1.93 bits per heavy atom. The van der Waals surface area contributed by atoms with Crippen LogP contribution in [0.2, 0.25) is 0 Å². The second-order valence-corrected chi connectivity index (χ2v) is 7.98. The summed E-state index contributed by atoms with van der Waals surface area (Å²) in [6, 6.07) is 0. The number of fused-ring (bicyclic) bond motifs is 1. The Balaban J connectivity index is 2.03. The van der Waals surface area contributed by atoms with Gasteiger partial charge in [0.2, 0.25) is 0 Å². The van der Waals surface area contributed by atoms with Crippen LogP contribution in [0.1, 0.15) is 47.7 Å². The lowest BCUT2D eigenvalue weighted by Crippen LogP contribution is -2.27. The van der Waals surface area contributed by atoms with Crippen molar-refractivity contribution in [1.82, 2.24) is 25.1 Å². The summed E-state index contributed by atoms with van der Waals surface area (Å²) in [6.45, 7) is 10.5. The summed E-state index contributed by atoms with van der Waals surface area (Å²) in [4.78, 5) is 37.8. The van der Waals surface area contributed by atoms with Crippen LogP contribution >= 0.6 is 11.3 Å². The van der Waals surface area contributed by atoms with Gasteiger partial charge in [-0.25, -0.2) is 4.98 Å². The molecule has 0 unspecified atom stereocenters. The zero-order valence-electron chi connectivity index (χ0n) is 17.0. The summed E-state index contributed by atoms with van der Waals surface area (Å²) < 4.78 is 0. The Morgan fingerprint density at radius 1 is 1.22 bits per heavy atom. The van der Waals surface area contributed by atoms with Crippen LogP contribution in [0.5, 0.6) is 0 Å². The molecular weight excluding hydrogens is 362 g/mol. The van der Waals surface area contributed by atoms with Crippen molar-refractivity contribution in [3.8, 4) is 0 Å². The van der Waals surface area contributed by atoms with E-state index in [-0.39, 0.29) is 11.5 Å². The molecule has 0 atom stereocenters. The van der Waals surface area contributed by atoms with Crippen molar-refractivity contribution in [2.45, 2.75) is 40.2 Å². The number of aryl methyl sites for hydroxylation is 1. The number of hydrogen-bond donors (Lipinski definition) is 2. The van der Waals surface area contributed by atoms with E-state index in [1.54, 1.807) is 0 Å². The van der Waals surface area contributed by atoms with Gasteiger partial charge in [-0.3, -0.25) is 9.59 Å². The Kier molecular flexibility index (Phi) is 7.94. The van der Waals surface area contributed by atoms with Gasteiger partial charge in [0.25, 0.3) is 11.5 Å². The smallest absolute Gasteiger partial charge is 0.261 e. The first-order chi connectivity index (χ1) is 12.9. The molecule has 2 heterocycles. The van der Waals surface area contributed by atoms with Crippen LogP contribution in [0.4, 0.5) is 0 Å². The van der Waals surface area contributed by atoms with E-state index in [1.807, 2.05) is 25.9 Å². The molecule has 0 saturated heterocycles. The molecule has 2 N–H and O–H groups in total. The standard InChI is InChI=1S/C19H31N5O2S/c1-6-24(7-2)11-9-8-10-20-18(26)16-13(3)15-17(25)21-14(12-23(4)5)22-19(15)27-16/h6-12H2,1-5H3,(H,20,26)(H,21,22,25). The molecule has 0 saturated carbocycles. The van der Waals surface area contributed by atoms with Gasteiger partial charge in [-0.05, 0) is 59.1 Å². The number of nitrogens with one attached hydrogen (secondary N) is 2. The van der Waals surface area contributed by atoms with Crippen LogP contribution in [0, 0.1) is 6.92 Å². The van der Waals surface area contributed by atoms with E-state index in [4.69, 9.17) is 0 Å². The van der Waals surface area contributed by atoms with E-state index in [2.05, 4.69) is 34.0 Å². The van der Waals surface area contributed by atoms with Gasteiger partial charge >= 0.3 is 0 Å². The number of nitrogens with zero attached hydrogens (tertiary/aromatic N) is 3. The summed E-state index contributed by atoms with van der Waals surface area (Å²) in [5.41, 5.74) is 0.532. The number of aromatic nitrogens is 2. The second-order valence-electron chi connectivity index (χ2n) is 6.98. The third-order valence-corrected chi connectivity index (χ3v) is 5.79. The minimum absolute atomic E-state index is 0.119. The summed E-state index contributed by atoms with van der Waals surface area (Å²) in [5.74, 6) is 0.494. The first-order valence-electron chi connectivity index (χ1n) is 9.54. The van der Waals surface area contributed by atoms with Gasteiger partial charge in [-0.1, -0.05) is 13.8 Å². The average molecular weight is 394 g/mol. The first-order valence-corrected chi connectivity index (χ1v) is 10.4. The van der Waals surface area contributed by atoms with Gasteiger partial charge in [-0.2, -0.15) is 0 Å². The van der Waals surface area contributed by atoms with Gasteiger partial charge < -0.3 is 20.1 Å². The zero-order valence-corrected chi connectivity index (χ0v) is 17.8. The first kappa shape index (κ1) is 21.5. The maximum absolute atomic E-state index is 12.6. The third kappa shape index (κ3) is 5.60. The number of amides is 1. The van der Waals surface area contributed by atoms with Crippen molar-refractivity contribution >= 4 is 27.5 Å². The minimum atomic E-state index is -0.177. The van der Waals surface area contributed by atoms with Crippen LogP contribution in [0.3, 0.4) is 0 Å². The van der Waals surface area contributed by atoms with Crippen LogP contribution < -0.4 is 10.9 Å². The van der Waals surface area contributed by atoms with E-state index >= 15 is 0 Å². The number of carbonyl (C=O) groups is 1. The van der Waals surface area contributed by atoms with Gasteiger partial charge in [0.15, 0.2) is 0 Å². The number of carbonyl (C=O) groups excluding carboxylic acids is 1. The van der Waals surface area contributed by atoms with Crippen LogP contribution in [-0.4, -0.2) is 65.9 Å². The molecule has 150 valence electrons. The number of hydrogen-bond acceptors (Lipinski definition) is 6. The molecule has 0 spiro atoms.